The third kappa shape index (κ3) is 3.63. The Morgan fingerprint density at radius 1 is 1.39 bits per heavy atom. The minimum Gasteiger partial charge on any atom is -0.463 e. The van der Waals surface area contributed by atoms with Crippen molar-refractivity contribution in [1.29, 1.82) is 0 Å². The van der Waals surface area contributed by atoms with E-state index in [1.54, 1.807) is 6.07 Å². The fourth-order valence-electron chi connectivity index (χ4n) is 2.28. The van der Waals surface area contributed by atoms with Gasteiger partial charge in [0.05, 0.1) is 6.61 Å². The van der Waals surface area contributed by atoms with E-state index < -0.39 is 0 Å². The summed E-state index contributed by atoms with van der Waals surface area (Å²) in [4.78, 5) is 8.75. The van der Waals surface area contributed by atoms with Crippen LogP contribution in [0.1, 0.15) is 43.5 Å². The lowest BCUT2D eigenvalue weighted by atomic mass is 9.90. The molecular weight excluding hydrogens is 246 g/mol. The quantitative estimate of drug-likeness (QED) is 0.847. The van der Waals surface area contributed by atoms with Crippen LogP contribution in [-0.2, 0) is 0 Å². The summed E-state index contributed by atoms with van der Waals surface area (Å²) in [6.45, 7) is 2.58. The van der Waals surface area contributed by atoms with Crippen molar-refractivity contribution in [3.05, 3.63) is 17.5 Å². The van der Waals surface area contributed by atoms with Crippen molar-refractivity contribution < 1.29 is 4.74 Å². The molecule has 5 heteroatoms. The molecule has 1 saturated carbocycles. The maximum absolute atomic E-state index is 5.68. The summed E-state index contributed by atoms with van der Waals surface area (Å²) in [5.74, 6) is 0.635. The molecule has 0 bridgehead atoms. The van der Waals surface area contributed by atoms with Crippen molar-refractivity contribution in [2.45, 2.75) is 39.0 Å². The molecule has 18 heavy (non-hydrogen) atoms. The standard InChI is InChI=1S/C13H19N3OS/c1-9-7-11(12(14)18)16-13(15-9)17-8-10-5-3-2-4-6-10/h7,10H,2-6,8H2,1H3,(H2,14,18). The van der Waals surface area contributed by atoms with Crippen LogP contribution in [0, 0.1) is 12.8 Å². The number of rotatable bonds is 4. The van der Waals surface area contributed by atoms with E-state index in [4.69, 9.17) is 22.7 Å². The smallest absolute Gasteiger partial charge is 0.317 e. The molecule has 2 rings (SSSR count). The second-order valence-electron chi connectivity index (χ2n) is 4.86. The van der Waals surface area contributed by atoms with Crippen molar-refractivity contribution in [2.24, 2.45) is 11.7 Å². The lowest BCUT2D eigenvalue weighted by Crippen LogP contribution is -2.18. The highest BCUT2D eigenvalue weighted by atomic mass is 32.1. The molecule has 2 N–H and O–H groups in total. The number of nitrogens with zero attached hydrogens (tertiary/aromatic N) is 2. The fourth-order valence-corrected chi connectivity index (χ4v) is 2.38. The van der Waals surface area contributed by atoms with Crippen LogP contribution in [0.4, 0.5) is 0 Å². The van der Waals surface area contributed by atoms with E-state index in [0.29, 0.717) is 24.2 Å². The molecule has 1 fully saturated rings. The van der Waals surface area contributed by atoms with Crippen LogP contribution in [0.5, 0.6) is 6.01 Å². The summed E-state index contributed by atoms with van der Waals surface area (Å²) in [7, 11) is 0. The van der Waals surface area contributed by atoms with E-state index in [0.717, 1.165) is 5.69 Å². The van der Waals surface area contributed by atoms with E-state index in [-0.39, 0.29) is 4.99 Å². The van der Waals surface area contributed by atoms with Crippen LogP contribution in [0.25, 0.3) is 0 Å². The largest absolute Gasteiger partial charge is 0.463 e. The second kappa shape index (κ2) is 6.09. The first-order chi connectivity index (χ1) is 8.65. The van der Waals surface area contributed by atoms with E-state index in [2.05, 4.69) is 9.97 Å². The predicted molar refractivity (Wildman–Crippen MR) is 74.7 cm³/mol. The zero-order valence-electron chi connectivity index (χ0n) is 10.7. The number of hydrogen-bond acceptors (Lipinski definition) is 4. The summed E-state index contributed by atoms with van der Waals surface area (Å²) >= 11 is 4.92. The Morgan fingerprint density at radius 2 is 2.11 bits per heavy atom. The molecule has 0 spiro atoms. The predicted octanol–water partition coefficient (Wildman–Crippen LogP) is 2.38. The van der Waals surface area contributed by atoms with Gasteiger partial charge in [0.15, 0.2) is 0 Å². The maximum Gasteiger partial charge on any atom is 0.317 e. The molecule has 1 aromatic heterocycles. The Hall–Kier alpha value is -1.23. The van der Waals surface area contributed by atoms with Crippen molar-refractivity contribution in [2.75, 3.05) is 6.61 Å². The Labute approximate surface area is 113 Å². The van der Waals surface area contributed by atoms with Gasteiger partial charge < -0.3 is 10.5 Å². The minimum atomic E-state index is 0.281. The Balaban J connectivity index is 1.97. The average Bonchev–Trinajstić information content (AvgIpc) is 2.37. The topological polar surface area (TPSA) is 61.0 Å². The third-order valence-electron chi connectivity index (χ3n) is 3.26. The third-order valence-corrected chi connectivity index (χ3v) is 3.47. The van der Waals surface area contributed by atoms with Gasteiger partial charge in [-0.05, 0) is 31.7 Å². The first kappa shape index (κ1) is 13.2. The summed E-state index contributed by atoms with van der Waals surface area (Å²) in [6.07, 6.45) is 6.45. The van der Waals surface area contributed by atoms with E-state index in [1.807, 2.05) is 6.92 Å². The number of aromatic nitrogens is 2. The first-order valence-corrected chi connectivity index (χ1v) is 6.84. The van der Waals surface area contributed by atoms with Gasteiger partial charge in [-0.3, -0.25) is 0 Å². The zero-order valence-corrected chi connectivity index (χ0v) is 11.5. The van der Waals surface area contributed by atoms with Gasteiger partial charge in [-0.25, -0.2) is 4.98 Å². The molecule has 0 saturated heterocycles. The maximum atomic E-state index is 5.68. The van der Waals surface area contributed by atoms with Crippen LogP contribution in [0.2, 0.25) is 0 Å². The summed E-state index contributed by atoms with van der Waals surface area (Å²) in [5.41, 5.74) is 6.98. The minimum absolute atomic E-state index is 0.281. The highest BCUT2D eigenvalue weighted by molar-refractivity contribution is 7.80. The monoisotopic (exact) mass is 265 g/mol. The summed E-state index contributed by atoms with van der Waals surface area (Å²) < 4.78 is 5.68. The lowest BCUT2D eigenvalue weighted by Gasteiger charge is -2.21. The van der Waals surface area contributed by atoms with Crippen LogP contribution < -0.4 is 10.5 Å². The average molecular weight is 265 g/mol. The number of aryl methyl sites for hydroxylation is 1. The van der Waals surface area contributed by atoms with Gasteiger partial charge in [0, 0.05) is 5.69 Å². The van der Waals surface area contributed by atoms with Crippen molar-refractivity contribution in [3.63, 3.8) is 0 Å². The normalized spacial score (nSPS) is 16.5. The van der Waals surface area contributed by atoms with Crippen LogP contribution >= 0.6 is 12.2 Å². The van der Waals surface area contributed by atoms with Gasteiger partial charge in [0.25, 0.3) is 0 Å². The molecule has 0 unspecified atom stereocenters. The molecular formula is C13H19N3OS. The van der Waals surface area contributed by atoms with Crippen molar-refractivity contribution in [3.8, 4) is 6.01 Å². The van der Waals surface area contributed by atoms with Crippen molar-refractivity contribution >= 4 is 17.2 Å². The van der Waals surface area contributed by atoms with E-state index in [1.165, 1.54) is 32.1 Å². The lowest BCUT2D eigenvalue weighted by molar-refractivity contribution is 0.196. The molecule has 1 aromatic rings. The van der Waals surface area contributed by atoms with E-state index in [9.17, 15) is 0 Å². The molecule has 98 valence electrons. The molecule has 1 heterocycles. The molecule has 0 amide bonds. The molecule has 0 atom stereocenters. The molecule has 1 aliphatic rings. The van der Waals surface area contributed by atoms with Gasteiger partial charge in [-0.1, -0.05) is 31.5 Å². The highest BCUT2D eigenvalue weighted by Crippen LogP contribution is 2.24. The van der Waals surface area contributed by atoms with Gasteiger partial charge in [0.1, 0.15) is 10.7 Å². The van der Waals surface area contributed by atoms with Gasteiger partial charge in [-0.2, -0.15) is 4.98 Å². The fraction of sp³-hybridized carbons (Fsp3) is 0.615. The van der Waals surface area contributed by atoms with Gasteiger partial charge >= 0.3 is 6.01 Å². The van der Waals surface area contributed by atoms with Gasteiger partial charge in [-0.15, -0.1) is 0 Å². The number of hydrogen-bond donors (Lipinski definition) is 1. The number of ether oxygens (including phenoxy) is 1. The molecule has 0 aliphatic heterocycles. The Morgan fingerprint density at radius 3 is 2.78 bits per heavy atom. The van der Waals surface area contributed by atoms with Gasteiger partial charge in [0.2, 0.25) is 0 Å². The Kier molecular flexibility index (Phi) is 4.47. The van der Waals surface area contributed by atoms with Crippen LogP contribution in [-0.4, -0.2) is 21.6 Å². The second-order valence-corrected chi connectivity index (χ2v) is 5.30. The molecule has 4 nitrogen and oxygen atoms in total. The SMILES string of the molecule is Cc1cc(C(N)=S)nc(OCC2CCCCC2)n1. The van der Waals surface area contributed by atoms with Crippen molar-refractivity contribution in [1.82, 2.24) is 9.97 Å². The number of nitrogens with two attached hydrogens (primary N) is 1. The summed E-state index contributed by atoms with van der Waals surface area (Å²) in [5, 5.41) is 0. The first-order valence-electron chi connectivity index (χ1n) is 6.43. The Bertz CT molecular complexity index is 430. The molecule has 1 aliphatic carbocycles. The molecule has 0 radical (unpaired) electrons. The highest BCUT2D eigenvalue weighted by Gasteiger charge is 2.15. The summed E-state index contributed by atoms with van der Waals surface area (Å²) in [6, 6.07) is 2.17. The number of thiocarbonyl (C=S) groups is 1. The van der Waals surface area contributed by atoms with Crippen LogP contribution in [0.3, 0.4) is 0 Å². The van der Waals surface area contributed by atoms with E-state index >= 15 is 0 Å². The zero-order chi connectivity index (χ0) is 13.0. The molecule has 0 aromatic carbocycles. The van der Waals surface area contributed by atoms with Crippen LogP contribution in [0.15, 0.2) is 6.07 Å².